The summed E-state index contributed by atoms with van der Waals surface area (Å²) in [5.41, 5.74) is 4.22. The van der Waals surface area contributed by atoms with Crippen molar-refractivity contribution in [3.05, 3.63) is 35.7 Å². The molecule has 2 aliphatic rings. The average molecular weight is 327 g/mol. The monoisotopic (exact) mass is 327 g/mol. The van der Waals surface area contributed by atoms with Gasteiger partial charge in [-0.25, -0.2) is 0 Å². The van der Waals surface area contributed by atoms with E-state index >= 15 is 0 Å². The number of aliphatic imine (C=N–C) groups is 1. The van der Waals surface area contributed by atoms with Crippen molar-refractivity contribution < 1.29 is 9.53 Å². The number of hydrogen-bond acceptors (Lipinski definition) is 5. The highest BCUT2D eigenvalue weighted by molar-refractivity contribution is 6.03. The van der Waals surface area contributed by atoms with E-state index in [9.17, 15) is 4.79 Å². The van der Waals surface area contributed by atoms with Crippen LogP contribution in [0.25, 0.3) is 0 Å². The Kier molecular flexibility index (Phi) is 4.35. The van der Waals surface area contributed by atoms with Crippen LogP contribution >= 0.6 is 0 Å². The Bertz CT molecular complexity index is 702. The van der Waals surface area contributed by atoms with E-state index in [1.165, 1.54) is 0 Å². The highest BCUT2D eigenvalue weighted by Crippen LogP contribution is 2.37. The van der Waals surface area contributed by atoms with Gasteiger partial charge in [-0.2, -0.15) is 0 Å². The maximum absolute atomic E-state index is 11.7. The number of Topliss-reactive ketones (excluding diaryl/α,β-unsaturated/α-hetero) is 1. The Labute approximate surface area is 143 Å². The third kappa shape index (κ3) is 3.45. The number of hydrogen-bond donors (Lipinski definition) is 2. The summed E-state index contributed by atoms with van der Waals surface area (Å²) in [7, 11) is 1.66. The van der Waals surface area contributed by atoms with Crippen LogP contribution in [0.2, 0.25) is 0 Å². The van der Waals surface area contributed by atoms with E-state index in [1.54, 1.807) is 14.0 Å². The topological polar surface area (TPSA) is 62.7 Å². The van der Waals surface area contributed by atoms with Gasteiger partial charge in [0.25, 0.3) is 0 Å². The molecule has 24 heavy (non-hydrogen) atoms. The third-order valence-corrected chi connectivity index (χ3v) is 4.55. The van der Waals surface area contributed by atoms with Gasteiger partial charge < -0.3 is 15.4 Å². The lowest BCUT2D eigenvalue weighted by Crippen LogP contribution is -2.52. The minimum Gasteiger partial charge on any atom is -0.497 e. The molecule has 0 bridgehead atoms. The van der Waals surface area contributed by atoms with Crippen molar-refractivity contribution in [1.82, 2.24) is 10.6 Å². The summed E-state index contributed by atoms with van der Waals surface area (Å²) in [6, 6.07) is 7.60. The van der Waals surface area contributed by atoms with E-state index in [0.717, 1.165) is 41.4 Å². The number of nitrogens with one attached hydrogen (secondary N) is 2. The molecule has 0 saturated heterocycles. The van der Waals surface area contributed by atoms with Crippen LogP contribution in [0.15, 0.2) is 40.7 Å². The van der Waals surface area contributed by atoms with Gasteiger partial charge in [-0.3, -0.25) is 9.79 Å². The Morgan fingerprint density at radius 3 is 2.58 bits per heavy atom. The fourth-order valence-corrected chi connectivity index (χ4v) is 3.30. The summed E-state index contributed by atoms with van der Waals surface area (Å²) in [5.74, 6) is 0.982. The van der Waals surface area contributed by atoms with Gasteiger partial charge in [-0.05, 0) is 49.4 Å². The van der Waals surface area contributed by atoms with E-state index in [0.29, 0.717) is 6.54 Å². The number of nitrogens with zero attached hydrogens (tertiary/aromatic N) is 1. The second kappa shape index (κ2) is 6.30. The molecule has 5 nitrogen and oxygen atoms in total. The molecule has 1 aliphatic heterocycles. The number of methoxy groups -OCH3 is 1. The zero-order valence-electron chi connectivity index (χ0n) is 14.8. The SMILES string of the molecule is COc1ccc(/N=C2\CC(C)(C)CC3=C2NCC(C(C)=O)N3)cc1. The van der Waals surface area contributed by atoms with Crippen molar-refractivity contribution in [3.63, 3.8) is 0 Å². The van der Waals surface area contributed by atoms with Gasteiger partial charge in [-0.1, -0.05) is 13.8 Å². The molecule has 1 aromatic carbocycles. The molecule has 1 aliphatic carbocycles. The van der Waals surface area contributed by atoms with E-state index in [2.05, 4.69) is 24.5 Å². The van der Waals surface area contributed by atoms with Crippen LogP contribution in [0.4, 0.5) is 5.69 Å². The quantitative estimate of drug-likeness (QED) is 0.896. The molecule has 5 heteroatoms. The van der Waals surface area contributed by atoms with E-state index < -0.39 is 0 Å². The van der Waals surface area contributed by atoms with Gasteiger partial charge in [-0.15, -0.1) is 0 Å². The molecular formula is C19H25N3O2. The van der Waals surface area contributed by atoms with Crippen LogP contribution in [0.5, 0.6) is 5.75 Å². The normalized spacial score (nSPS) is 24.0. The average Bonchev–Trinajstić information content (AvgIpc) is 2.54. The first kappa shape index (κ1) is 16.6. The summed E-state index contributed by atoms with van der Waals surface area (Å²) in [5, 5.41) is 6.84. The Morgan fingerprint density at radius 1 is 1.25 bits per heavy atom. The van der Waals surface area contributed by atoms with Crippen molar-refractivity contribution >= 4 is 17.2 Å². The van der Waals surface area contributed by atoms with Gasteiger partial charge in [0, 0.05) is 12.2 Å². The van der Waals surface area contributed by atoms with Gasteiger partial charge in [0.15, 0.2) is 5.78 Å². The summed E-state index contributed by atoms with van der Waals surface area (Å²) in [6.45, 7) is 6.71. The van der Waals surface area contributed by atoms with Crippen LogP contribution in [-0.2, 0) is 4.79 Å². The molecule has 2 N–H and O–H groups in total. The number of rotatable bonds is 3. The number of carbonyl (C=O) groups is 1. The largest absolute Gasteiger partial charge is 0.497 e. The third-order valence-electron chi connectivity index (χ3n) is 4.55. The lowest BCUT2D eigenvalue weighted by atomic mass is 9.76. The molecule has 0 radical (unpaired) electrons. The fourth-order valence-electron chi connectivity index (χ4n) is 3.30. The van der Waals surface area contributed by atoms with Crippen molar-refractivity contribution in [2.75, 3.05) is 13.7 Å². The number of ketones is 1. The Balaban J connectivity index is 1.94. The van der Waals surface area contributed by atoms with E-state index in [1.807, 2.05) is 24.3 Å². The molecule has 1 unspecified atom stereocenters. The summed E-state index contributed by atoms with van der Waals surface area (Å²) >= 11 is 0. The Hall–Kier alpha value is -2.30. The van der Waals surface area contributed by atoms with E-state index in [-0.39, 0.29) is 17.2 Å². The predicted octanol–water partition coefficient (Wildman–Crippen LogP) is 2.95. The molecule has 0 amide bonds. The minimum absolute atomic E-state index is 0.109. The lowest BCUT2D eigenvalue weighted by molar-refractivity contribution is -0.118. The van der Waals surface area contributed by atoms with Gasteiger partial charge in [0.1, 0.15) is 11.8 Å². The van der Waals surface area contributed by atoms with Crippen molar-refractivity contribution in [1.29, 1.82) is 0 Å². The molecule has 1 heterocycles. The van der Waals surface area contributed by atoms with Crippen LogP contribution < -0.4 is 15.4 Å². The van der Waals surface area contributed by atoms with Crippen LogP contribution in [0.3, 0.4) is 0 Å². The first-order valence-electron chi connectivity index (χ1n) is 8.34. The zero-order valence-corrected chi connectivity index (χ0v) is 14.8. The number of allylic oxidation sites excluding steroid dienone is 2. The van der Waals surface area contributed by atoms with Gasteiger partial charge >= 0.3 is 0 Å². The minimum atomic E-state index is -0.153. The Morgan fingerprint density at radius 2 is 1.96 bits per heavy atom. The van der Waals surface area contributed by atoms with Gasteiger partial charge in [0.05, 0.1) is 24.2 Å². The highest BCUT2D eigenvalue weighted by atomic mass is 16.5. The smallest absolute Gasteiger partial charge is 0.153 e. The molecule has 1 aromatic rings. The second-order valence-electron chi connectivity index (χ2n) is 7.32. The van der Waals surface area contributed by atoms with Crippen molar-refractivity contribution in [3.8, 4) is 5.75 Å². The van der Waals surface area contributed by atoms with Crippen LogP contribution in [0.1, 0.15) is 33.6 Å². The predicted molar refractivity (Wildman–Crippen MR) is 95.7 cm³/mol. The van der Waals surface area contributed by atoms with Crippen molar-refractivity contribution in [2.24, 2.45) is 10.4 Å². The number of carbonyl (C=O) groups excluding carboxylic acids is 1. The first-order valence-corrected chi connectivity index (χ1v) is 8.34. The molecule has 0 aromatic heterocycles. The van der Waals surface area contributed by atoms with Gasteiger partial charge in [0.2, 0.25) is 0 Å². The molecule has 3 rings (SSSR count). The molecular weight excluding hydrogens is 302 g/mol. The van der Waals surface area contributed by atoms with Crippen LogP contribution in [-0.4, -0.2) is 31.2 Å². The summed E-state index contributed by atoms with van der Waals surface area (Å²) in [4.78, 5) is 16.6. The van der Waals surface area contributed by atoms with Crippen LogP contribution in [0, 0.1) is 5.41 Å². The lowest BCUT2D eigenvalue weighted by Gasteiger charge is -2.39. The summed E-state index contributed by atoms with van der Waals surface area (Å²) < 4.78 is 5.20. The maximum Gasteiger partial charge on any atom is 0.153 e. The molecule has 0 fully saturated rings. The zero-order chi connectivity index (χ0) is 17.3. The standard InChI is InChI=1S/C19H25N3O2/c1-12(23)17-11-20-18-15(9-19(2,3)10-16(18)22-17)21-13-5-7-14(24-4)8-6-13/h5-8,17,20,22H,9-11H2,1-4H3/b21-15+. The van der Waals surface area contributed by atoms with E-state index in [4.69, 9.17) is 9.73 Å². The number of benzene rings is 1. The molecule has 0 spiro atoms. The first-order chi connectivity index (χ1) is 11.4. The molecule has 0 saturated carbocycles. The maximum atomic E-state index is 11.7. The van der Waals surface area contributed by atoms with Crippen molar-refractivity contribution in [2.45, 2.75) is 39.7 Å². The fraction of sp³-hybridized carbons (Fsp3) is 0.474. The highest BCUT2D eigenvalue weighted by Gasteiger charge is 2.35. The summed E-state index contributed by atoms with van der Waals surface area (Å²) in [6.07, 6.45) is 1.82. The molecule has 1 atom stereocenters. The second-order valence-corrected chi connectivity index (χ2v) is 7.32. The number of ether oxygens (including phenoxy) is 1. The molecule has 128 valence electrons.